The van der Waals surface area contributed by atoms with Crippen LogP contribution in [0.4, 0.5) is 0 Å². The van der Waals surface area contributed by atoms with Gasteiger partial charge in [0, 0.05) is 19.6 Å². The molecular formula is C11H16N2O2. The molecule has 3 N–H and O–H groups in total. The standard InChI is InChI=1S/C11H16N2O2/c12-3-4-13-8-9-1-2-10-11(7-9)15-6-5-14-10/h1-2,7,13H,3-6,8,12H2. The van der Waals surface area contributed by atoms with Crippen molar-refractivity contribution in [3.8, 4) is 11.5 Å². The van der Waals surface area contributed by atoms with Gasteiger partial charge in [-0.25, -0.2) is 0 Å². The molecule has 1 aliphatic heterocycles. The third kappa shape index (κ3) is 2.61. The van der Waals surface area contributed by atoms with Crippen molar-refractivity contribution in [2.24, 2.45) is 5.73 Å². The molecule has 0 radical (unpaired) electrons. The number of nitrogens with two attached hydrogens (primary N) is 1. The molecular weight excluding hydrogens is 192 g/mol. The van der Waals surface area contributed by atoms with Gasteiger partial charge in [0.15, 0.2) is 11.5 Å². The van der Waals surface area contributed by atoms with Gasteiger partial charge in [-0.15, -0.1) is 0 Å². The number of ether oxygens (including phenoxy) is 2. The molecule has 0 unspecified atom stereocenters. The Kier molecular flexibility index (Phi) is 3.42. The van der Waals surface area contributed by atoms with Crippen molar-refractivity contribution in [3.63, 3.8) is 0 Å². The summed E-state index contributed by atoms with van der Waals surface area (Å²) in [7, 11) is 0. The van der Waals surface area contributed by atoms with Gasteiger partial charge in [-0.3, -0.25) is 0 Å². The molecule has 4 nitrogen and oxygen atoms in total. The summed E-state index contributed by atoms with van der Waals surface area (Å²) in [6.07, 6.45) is 0. The van der Waals surface area contributed by atoms with Gasteiger partial charge in [0.1, 0.15) is 13.2 Å². The van der Waals surface area contributed by atoms with Crippen molar-refractivity contribution in [2.45, 2.75) is 6.54 Å². The van der Waals surface area contributed by atoms with Crippen molar-refractivity contribution in [2.75, 3.05) is 26.3 Å². The summed E-state index contributed by atoms with van der Waals surface area (Å²) in [5, 5.41) is 3.24. The van der Waals surface area contributed by atoms with Crippen molar-refractivity contribution >= 4 is 0 Å². The first-order valence-corrected chi connectivity index (χ1v) is 5.19. The van der Waals surface area contributed by atoms with Gasteiger partial charge in [-0.1, -0.05) is 6.07 Å². The predicted octanol–water partition coefficient (Wildman–Crippen LogP) is 0.506. The van der Waals surface area contributed by atoms with Crippen LogP contribution in [0.25, 0.3) is 0 Å². The van der Waals surface area contributed by atoms with E-state index < -0.39 is 0 Å². The summed E-state index contributed by atoms with van der Waals surface area (Å²) in [6.45, 7) is 3.57. The van der Waals surface area contributed by atoms with E-state index in [1.165, 1.54) is 5.56 Å². The molecule has 2 rings (SSSR count). The highest BCUT2D eigenvalue weighted by Gasteiger charge is 2.11. The Morgan fingerprint density at radius 2 is 2.00 bits per heavy atom. The van der Waals surface area contributed by atoms with Crippen LogP contribution in [-0.4, -0.2) is 26.3 Å². The van der Waals surface area contributed by atoms with E-state index in [1.807, 2.05) is 18.2 Å². The normalized spacial score (nSPS) is 13.9. The van der Waals surface area contributed by atoms with Gasteiger partial charge in [0.25, 0.3) is 0 Å². The van der Waals surface area contributed by atoms with Gasteiger partial charge in [0.05, 0.1) is 0 Å². The molecule has 0 fully saturated rings. The van der Waals surface area contributed by atoms with Gasteiger partial charge >= 0.3 is 0 Å². The number of fused-ring (bicyclic) bond motifs is 1. The fraction of sp³-hybridized carbons (Fsp3) is 0.455. The summed E-state index contributed by atoms with van der Waals surface area (Å²) >= 11 is 0. The van der Waals surface area contributed by atoms with Crippen molar-refractivity contribution in [1.29, 1.82) is 0 Å². The minimum Gasteiger partial charge on any atom is -0.486 e. The molecule has 0 saturated carbocycles. The Bertz CT molecular complexity index is 328. The molecule has 0 spiro atoms. The minimum absolute atomic E-state index is 0.632. The van der Waals surface area contributed by atoms with E-state index in [4.69, 9.17) is 15.2 Å². The highest BCUT2D eigenvalue weighted by atomic mass is 16.6. The van der Waals surface area contributed by atoms with Gasteiger partial charge < -0.3 is 20.5 Å². The molecule has 0 saturated heterocycles. The summed E-state index contributed by atoms with van der Waals surface area (Å²) < 4.78 is 10.9. The van der Waals surface area contributed by atoms with Crippen molar-refractivity contribution in [3.05, 3.63) is 23.8 Å². The molecule has 0 aliphatic carbocycles. The van der Waals surface area contributed by atoms with Crippen molar-refractivity contribution in [1.82, 2.24) is 5.32 Å². The Balaban J connectivity index is 2.00. The SMILES string of the molecule is NCCNCc1ccc2c(c1)OCCO2. The van der Waals surface area contributed by atoms with E-state index in [-0.39, 0.29) is 0 Å². The van der Waals surface area contributed by atoms with E-state index in [1.54, 1.807) is 0 Å². The highest BCUT2D eigenvalue weighted by Crippen LogP contribution is 2.30. The number of hydrogen-bond donors (Lipinski definition) is 2. The lowest BCUT2D eigenvalue weighted by atomic mass is 10.2. The number of rotatable bonds is 4. The average Bonchev–Trinajstić information content (AvgIpc) is 2.29. The predicted molar refractivity (Wildman–Crippen MR) is 58.2 cm³/mol. The zero-order valence-electron chi connectivity index (χ0n) is 8.66. The van der Waals surface area contributed by atoms with Crippen LogP contribution in [-0.2, 0) is 6.54 Å². The summed E-state index contributed by atoms with van der Waals surface area (Å²) in [6, 6.07) is 6.00. The van der Waals surface area contributed by atoms with Crippen LogP contribution in [0.1, 0.15) is 5.56 Å². The molecule has 82 valence electrons. The number of benzene rings is 1. The fourth-order valence-electron chi connectivity index (χ4n) is 1.53. The lowest BCUT2D eigenvalue weighted by Crippen LogP contribution is -2.22. The van der Waals surface area contributed by atoms with E-state index in [2.05, 4.69) is 5.32 Å². The van der Waals surface area contributed by atoms with E-state index in [0.29, 0.717) is 19.8 Å². The van der Waals surface area contributed by atoms with Gasteiger partial charge in [-0.2, -0.15) is 0 Å². The van der Waals surface area contributed by atoms with Crippen LogP contribution >= 0.6 is 0 Å². The maximum Gasteiger partial charge on any atom is 0.161 e. The molecule has 0 bridgehead atoms. The molecule has 1 aromatic rings. The van der Waals surface area contributed by atoms with Crippen LogP contribution in [0.15, 0.2) is 18.2 Å². The van der Waals surface area contributed by atoms with Crippen LogP contribution < -0.4 is 20.5 Å². The lowest BCUT2D eigenvalue weighted by molar-refractivity contribution is 0.171. The molecule has 1 aliphatic rings. The molecule has 0 atom stereocenters. The lowest BCUT2D eigenvalue weighted by Gasteiger charge is -2.18. The van der Waals surface area contributed by atoms with Gasteiger partial charge in [0.2, 0.25) is 0 Å². The first-order valence-electron chi connectivity index (χ1n) is 5.19. The third-order valence-electron chi connectivity index (χ3n) is 2.26. The smallest absolute Gasteiger partial charge is 0.161 e. The molecule has 4 heteroatoms. The summed E-state index contributed by atoms with van der Waals surface area (Å²) in [5.74, 6) is 1.68. The minimum atomic E-state index is 0.632. The third-order valence-corrected chi connectivity index (χ3v) is 2.26. The molecule has 15 heavy (non-hydrogen) atoms. The molecule has 1 heterocycles. The maximum absolute atomic E-state index is 5.49. The summed E-state index contributed by atoms with van der Waals surface area (Å²) in [4.78, 5) is 0. The van der Waals surface area contributed by atoms with Crippen LogP contribution in [0.5, 0.6) is 11.5 Å². The second kappa shape index (κ2) is 5.00. The van der Waals surface area contributed by atoms with Crippen molar-refractivity contribution < 1.29 is 9.47 Å². The zero-order chi connectivity index (χ0) is 10.5. The Hall–Kier alpha value is -1.26. The van der Waals surface area contributed by atoms with E-state index >= 15 is 0 Å². The van der Waals surface area contributed by atoms with Gasteiger partial charge in [-0.05, 0) is 17.7 Å². The Labute approximate surface area is 89.4 Å². The average molecular weight is 208 g/mol. The van der Waals surface area contributed by atoms with Crippen LogP contribution in [0.3, 0.4) is 0 Å². The van der Waals surface area contributed by atoms with Crippen LogP contribution in [0, 0.1) is 0 Å². The van der Waals surface area contributed by atoms with E-state index in [9.17, 15) is 0 Å². The largest absolute Gasteiger partial charge is 0.486 e. The zero-order valence-corrected chi connectivity index (χ0v) is 8.66. The molecule has 1 aromatic carbocycles. The second-order valence-corrected chi connectivity index (χ2v) is 3.44. The topological polar surface area (TPSA) is 56.5 Å². The Morgan fingerprint density at radius 3 is 2.80 bits per heavy atom. The molecule has 0 aromatic heterocycles. The number of hydrogen-bond acceptors (Lipinski definition) is 4. The maximum atomic E-state index is 5.49. The first kappa shape index (κ1) is 10.3. The van der Waals surface area contributed by atoms with Crippen LogP contribution in [0.2, 0.25) is 0 Å². The second-order valence-electron chi connectivity index (χ2n) is 3.44. The Morgan fingerprint density at radius 1 is 1.20 bits per heavy atom. The van der Waals surface area contributed by atoms with E-state index in [0.717, 1.165) is 24.6 Å². The molecule has 0 amide bonds. The quantitative estimate of drug-likeness (QED) is 0.708. The fourth-order valence-corrected chi connectivity index (χ4v) is 1.53. The monoisotopic (exact) mass is 208 g/mol. The number of nitrogens with one attached hydrogen (secondary N) is 1. The highest BCUT2D eigenvalue weighted by molar-refractivity contribution is 5.43. The first-order chi connectivity index (χ1) is 7.40. The summed E-state index contributed by atoms with van der Waals surface area (Å²) in [5.41, 5.74) is 6.58.